The first-order chi connectivity index (χ1) is 8.17. The third-order valence-electron chi connectivity index (χ3n) is 3.17. The van der Waals surface area contributed by atoms with E-state index in [1.54, 1.807) is 0 Å². The van der Waals surface area contributed by atoms with Gasteiger partial charge in [-0.05, 0) is 44.4 Å². The summed E-state index contributed by atoms with van der Waals surface area (Å²) in [5, 5.41) is 11.9. The van der Waals surface area contributed by atoms with E-state index in [9.17, 15) is 0 Å². The third kappa shape index (κ3) is 2.35. The Morgan fingerprint density at radius 3 is 2.76 bits per heavy atom. The van der Waals surface area contributed by atoms with Crippen LogP contribution in [0.4, 0.5) is 5.69 Å². The van der Waals surface area contributed by atoms with Crippen LogP contribution in [0, 0.1) is 6.92 Å². The SMILES string of the molecule is CCN(c1cc(C)ccc1C(N)=NO)C1CC1. The van der Waals surface area contributed by atoms with Gasteiger partial charge < -0.3 is 15.8 Å². The van der Waals surface area contributed by atoms with Crippen LogP contribution in [0.15, 0.2) is 23.4 Å². The summed E-state index contributed by atoms with van der Waals surface area (Å²) in [6.45, 7) is 5.14. The number of rotatable bonds is 4. The van der Waals surface area contributed by atoms with E-state index in [1.807, 2.05) is 12.1 Å². The predicted octanol–water partition coefficient (Wildman–Crippen LogP) is 2.08. The molecule has 4 heteroatoms. The van der Waals surface area contributed by atoms with Crippen LogP contribution in [-0.2, 0) is 0 Å². The van der Waals surface area contributed by atoms with E-state index >= 15 is 0 Å². The highest BCUT2D eigenvalue weighted by Gasteiger charge is 2.29. The smallest absolute Gasteiger partial charge is 0.172 e. The Balaban J connectivity index is 2.45. The van der Waals surface area contributed by atoms with Crippen molar-refractivity contribution in [2.24, 2.45) is 10.9 Å². The highest BCUT2D eigenvalue weighted by molar-refractivity contribution is 6.02. The summed E-state index contributed by atoms with van der Waals surface area (Å²) in [7, 11) is 0. The van der Waals surface area contributed by atoms with Crippen LogP contribution in [0.5, 0.6) is 0 Å². The Labute approximate surface area is 102 Å². The van der Waals surface area contributed by atoms with Crippen molar-refractivity contribution in [3.63, 3.8) is 0 Å². The maximum atomic E-state index is 8.84. The van der Waals surface area contributed by atoms with Crippen LogP contribution in [0.3, 0.4) is 0 Å². The van der Waals surface area contributed by atoms with Crippen LogP contribution >= 0.6 is 0 Å². The summed E-state index contributed by atoms with van der Waals surface area (Å²) in [4.78, 5) is 2.33. The predicted molar refractivity (Wildman–Crippen MR) is 69.7 cm³/mol. The van der Waals surface area contributed by atoms with E-state index in [0.717, 1.165) is 17.8 Å². The maximum Gasteiger partial charge on any atom is 0.172 e. The monoisotopic (exact) mass is 233 g/mol. The molecule has 1 aromatic carbocycles. The molecule has 1 aromatic rings. The van der Waals surface area contributed by atoms with E-state index in [-0.39, 0.29) is 5.84 Å². The highest BCUT2D eigenvalue weighted by atomic mass is 16.4. The molecule has 0 spiro atoms. The molecule has 1 saturated carbocycles. The molecule has 0 radical (unpaired) electrons. The van der Waals surface area contributed by atoms with Gasteiger partial charge >= 0.3 is 0 Å². The second-order valence-electron chi connectivity index (χ2n) is 4.52. The topological polar surface area (TPSA) is 61.8 Å². The minimum atomic E-state index is 0.180. The number of aryl methyl sites for hydroxylation is 1. The van der Waals surface area contributed by atoms with Gasteiger partial charge in [-0.15, -0.1) is 0 Å². The van der Waals surface area contributed by atoms with Crippen LogP contribution in [0.2, 0.25) is 0 Å². The van der Waals surface area contributed by atoms with Gasteiger partial charge in [0.2, 0.25) is 0 Å². The lowest BCUT2D eigenvalue weighted by Gasteiger charge is -2.25. The number of anilines is 1. The number of amidine groups is 1. The molecule has 0 amide bonds. The van der Waals surface area contributed by atoms with Crippen molar-refractivity contribution in [3.8, 4) is 0 Å². The van der Waals surface area contributed by atoms with E-state index in [0.29, 0.717) is 6.04 Å². The van der Waals surface area contributed by atoms with Gasteiger partial charge in [-0.2, -0.15) is 0 Å². The second kappa shape index (κ2) is 4.65. The fraction of sp³-hybridized carbons (Fsp3) is 0.462. The van der Waals surface area contributed by atoms with Gasteiger partial charge in [0.25, 0.3) is 0 Å². The number of hydrogen-bond donors (Lipinski definition) is 2. The Bertz CT molecular complexity index is 438. The van der Waals surface area contributed by atoms with Gasteiger partial charge in [0, 0.05) is 23.8 Å². The first-order valence-corrected chi connectivity index (χ1v) is 6.02. The summed E-state index contributed by atoms with van der Waals surface area (Å²) >= 11 is 0. The summed E-state index contributed by atoms with van der Waals surface area (Å²) in [6, 6.07) is 6.63. The van der Waals surface area contributed by atoms with Crippen molar-refractivity contribution in [1.29, 1.82) is 0 Å². The lowest BCUT2D eigenvalue weighted by molar-refractivity contribution is 0.318. The number of nitrogens with two attached hydrogens (primary N) is 1. The van der Waals surface area contributed by atoms with E-state index in [4.69, 9.17) is 10.9 Å². The van der Waals surface area contributed by atoms with Gasteiger partial charge in [-0.3, -0.25) is 0 Å². The molecular formula is C13H19N3O. The lowest BCUT2D eigenvalue weighted by Crippen LogP contribution is -2.28. The molecule has 1 fully saturated rings. The lowest BCUT2D eigenvalue weighted by atomic mass is 10.1. The van der Waals surface area contributed by atoms with Gasteiger partial charge in [-0.25, -0.2) is 0 Å². The van der Waals surface area contributed by atoms with Crippen molar-refractivity contribution in [3.05, 3.63) is 29.3 Å². The third-order valence-corrected chi connectivity index (χ3v) is 3.17. The van der Waals surface area contributed by atoms with Crippen molar-refractivity contribution >= 4 is 11.5 Å². The average molecular weight is 233 g/mol. The molecule has 0 bridgehead atoms. The standard InChI is InChI=1S/C13H19N3O/c1-3-16(10-5-6-10)12-8-9(2)4-7-11(12)13(14)15-17/h4,7-8,10,17H,3,5-6H2,1-2H3,(H2,14,15). The number of benzene rings is 1. The minimum Gasteiger partial charge on any atom is -0.409 e. The molecule has 2 rings (SSSR count). The summed E-state index contributed by atoms with van der Waals surface area (Å²) in [5.74, 6) is 0.180. The Morgan fingerprint density at radius 2 is 2.24 bits per heavy atom. The minimum absolute atomic E-state index is 0.180. The normalized spacial score (nSPS) is 16.0. The molecule has 1 aliphatic carbocycles. The van der Waals surface area contributed by atoms with E-state index in [2.05, 4.69) is 30.0 Å². The molecular weight excluding hydrogens is 214 g/mol. The average Bonchev–Trinajstić information content (AvgIpc) is 3.14. The molecule has 0 unspecified atom stereocenters. The van der Waals surface area contributed by atoms with Gasteiger partial charge in [0.1, 0.15) is 0 Å². The molecule has 0 aliphatic heterocycles. The molecule has 0 heterocycles. The zero-order valence-corrected chi connectivity index (χ0v) is 10.3. The quantitative estimate of drug-likeness (QED) is 0.362. The number of hydrogen-bond acceptors (Lipinski definition) is 3. The van der Waals surface area contributed by atoms with Crippen LogP contribution in [0.25, 0.3) is 0 Å². The molecule has 4 nitrogen and oxygen atoms in total. The van der Waals surface area contributed by atoms with Crippen molar-refractivity contribution in [1.82, 2.24) is 0 Å². The summed E-state index contributed by atoms with van der Waals surface area (Å²) in [5.41, 5.74) is 8.81. The Kier molecular flexibility index (Phi) is 3.22. The zero-order valence-electron chi connectivity index (χ0n) is 10.3. The van der Waals surface area contributed by atoms with Gasteiger partial charge in [0.15, 0.2) is 5.84 Å². The summed E-state index contributed by atoms with van der Waals surface area (Å²) < 4.78 is 0. The first-order valence-electron chi connectivity index (χ1n) is 6.02. The van der Waals surface area contributed by atoms with Crippen molar-refractivity contribution < 1.29 is 5.21 Å². The van der Waals surface area contributed by atoms with Crippen molar-refractivity contribution in [2.45, 2.75) is 32.7 Å². The fourth-order valence-corrected chi connectivity index (χ4v) is 2.16. The molecule has 17 heavy (non-hydrogen) atoms. The maximum absolute atomic E-state index is 8.84. The first kappa shape index (κ1) is 11.8. The second-order valence-corrected chi connectivity index (χ2v) is 4.52. The number of oxime groups is 1. The fourth-order valence-electron chi connectivity index (χ4n) is 2.16. The highest BCUT2D eigenvalue weighted by Crippen LogP contribution is 2.33. The Hall–Kier alpha value is -1.71. The van der Waals surface area contributed by atoms with Crippen LogP contribution in [-0.4, -0.2) is 23.6 Å². The Morgan fingerprint density at radius 1 is 1.53 bits per heavy atom. The molecule has 0 atom stereocenters. The largest absolute Gasteiger partial charge is 0.409 e. The molecule has 1 aliphatic rings. The van der Waals surface area contributed by atoms with Gasteiger partial charge in [0.05, 0.1) is 0 Å². The number of nitrogens with zero attached hydrogens (tertiary/aromatic N) is 2. The zero-order chi connectivity index (χ0) is 12.4. The van der Waals surface area contributed by atoms with Crippen LogP contribution < -0.4 is 10.6 Å². The van der Waals surface area contributed by atoms with Crippen LogP contribution in [0.1, 0.15) is 30.9 Å². The van der Waals surface area contributed by atoms with E-state index < -0.39 is 0 Å². The molecule has 0 saturated heterocycles. The molecule has 92 valence electrons. The summed E-state index contributed by atoms with van der Waals surface area (Å²) in [6.07, 6.45) is 2.47. The van der Waals surface area contributed by atoms with Gasteiger partial charge in [-0.1, -0.05) is 11.2 Å². The van der Waals surface area contributed by atoms with E-state index in [1.165, 1.54) is 18.4 Å². The molecule has 3 N–H and O–H groups in total. The van der Waals surface area contributed by atoms with Crippen molar-refractivity contribution in [2.75, 3.05) is 11.4 Å². The molecule has 0 aromatic heterocycles.